The standard InChI is InChI=1S/C19H35N5O7S2/c1-33-9-7-13(19(30)31)23-17(28)12(4-2-3-8-20)22-18(29)14(10-32)24-16(27)11(21)5-6-15(25)26/h11-14,32H,2-10,20-21H2,1H3,(H,22,29)(H,23,28)(H,24,27)(H,25,26)(H,30,31). The van der Waals surface area contributed by atoms with Gasteiger partial charge in [-0.25, -0.2) is 4.79 Å². The highest BCUT2D eigenvalue weighted by Gasteiger charge is 2.29. The summed E-state index contributed by atoms with van der Waals surface area (Å²) in [7, 11) is 0. The van der Waals surface area contributed by atoms with Crippen molar-refractivity contribution in [3.63, 3.8) is 0 Å². The Bertz CT molecular complexity index is 668. The molecule has 0 rings (SSSR count). The Morgan fingerprint density at radius 3 is 1.97 bits per heavy atom. The average Bonchev–Trinajstić information content (AvgIpc) is 2.77. The van der Waals surface area contributed by atoms with E-state index in [-0.39, 0.29) is 31.4 Å². The van der Waals surface area contributed by atoms with Crippen molar-refractivity contribution < 1.29 is 34.2 Å². The van der Waals surface area contributed by atoms with Crippen LogP contribution in [0.5, 0.6) is 0 Å². The predicted octanol–water partition coefficient (Wildman–Crippen LogP) is -1.47. The van der Waals surface area contributed by atoms with Crippen LogP contribution in [0.1, 0.15) is 38.5 Å². The molecule has 0 saturated heterocycles. The van der Waals surface area contributed by atoms with E-state index in [1.54, 1.807) is 0 Å². The first-order valence-electron chi connectivity index (χ1n) is 10.5. The molecule has 3 amide bonds. The molecule has 0 aromatic heterocycles. The summed E-state index contributed by atoms with van der Waals surface area (Å²) >= 11 is 5.50. The highest BCUT2D eigenvalue weighted by atomic mass is 32.2. The molecule has 33 heavy (non-hydrogen) atoms. The van der Waals surface area contributed by atoms with Crippen molar-refractivity contribution in [2.45, 2.75) is 62.7 Å². The SMILES string of the molecule is CSCCC(NC(=O)C(CCCCN)NC(=O)C(CS)NC(=O)C(N)CCC(=O)O)C(=O)O. The third kappa shape index (κ3) is 13.3. The zero-order valence-electron chi connectivity index (χ0n) is 18.6. The molecule has 0 bridgehead atoms. The van der Waals surface area contributed by atoms with Crippen molar-refractivity contribution in [1.29, 1.82) is 0 Å². The number of nitrogens with two attached hydrogens (primary N) is 2. The van der Waals surface area contributed by atoms with E-state index in [9.17, 15) is 29.1 Å². The van der Waals surface area contributed by atoms with Crippen LogP contribution in [-0.4, -0.2) is 88.3 Å². The van der Waals surface area contributed by atoms with Crippen LogP contribution in [0.3, 0.4) is 0 Å². The van der Waals surface area contributed by atoms with E-state index in [2.05, 4.69) is 28.6 Å². The first-order chi connectivity index (χ1) is 15.6. The number of carboxylic acid groups (broad SMARTS) is 2. The average molecular weight is 510 g/mol. The summed E-state index contributed by atoms with van der Waals surface area (Å²) in [6.07, 6.45) is 2.94. The van der Waals surface area contributed by atoms with Crippen LogP contribution in [0.2, 0.25) is 0 Å². The van der Waals surface area contributed by atoms with Gasteiger partial charge in [0.15, 0.2) is 0 Å². The third-order valence-electron chi connectivity index (χ3n) is 4.63. The molecule has 4 atom stereocenters. The van der Waals surface area contributed by atoms with Crippen LogP contribution in [0.15, 0.2) is 0 Å². The van der Waals surface area contributed by atoms with Crippen LogP contribution in [0.25, 0.3) is 0 Å². The van der Waals surface area contributed by atoms with Crippen LogP contribution >= 0.6 is 24.4 Å². The fourth-order valence-corrected chi connectivity index (χ4v) is 3.41. The Hall–Kier alpha value is -2.03. The van der Waals surface area contributed by atoms with Gasteiger partial charge in [0.05, 0.1) is 6.04 Å². The number of hydrogen-bond acceptors (Lipinski definition) is 9. The van der Waals surface area contributed by atoms with E-state index in [0.717, 1.165) is 0 Å². The number of hydrogen-bond donors (Lipinski definition) is 8. The van der Waals surface area contributed by atoms with Gasteiger partial charge in [-0.1, -0.05) is 0 Å². The smallest absolute Gasteiger partial charge is 0.326 e. The van der Waals surface area contributed by atoms with E-state index >= 15 is 0 Å². The summed E-state index contributed by atoms with van der Waals surface area (Å²) in [6, 6.07) is -4.41. The van der Waals surface area contributed by atoms with Gasteiger partial charge in [-0.15, -0.1) is 0 Å². The van der Waals surface area contributed by atoms with E-state index in [1.807, 2.05) is 6.26 Å². The normalized spacial score (nSPS) is 14.4. The molecule has 12 nitrogen and oxygen atoms in total. The van der Waals surface area contributed by atoms with E-state index in [4.69, 9.17) is 16.6 Å². The molecule has 0 fully saturated rings. The summed E-state index contributed by atoms with van der Waals surface area (Å²) in [5.41, 5.74) is 11.1. The van der Waals surface area contributed by atoms with E-state index in [1.165, 1.54) is 11.8 Å². The second-order valence-corrected chi connectivity index (χ2v) is 8.66. The van der Waals surface area contributed by atoms with Gasteiger partial charge >= 0.3 is 11.9 Å². The predicted molar refractivity (Wildman–Crippen MR) is 128 cm³/mol. The second-order valence-electron chi connectivity index (χ2n) is 7.31. The van der Waals surface area contributed by atoms with Gasteiger partial charge in [0, 0.05) is 12.2 Å². The molecular weight excluding hydrogens is 474 g/mol. The maximum Gasteiger partial charge on any atom is 0.326 e. The minimum absolute atomic E-state index is 0.105. The molecule has 190 valence electrons. The summed E-state index contributed by atoms with van der Waals surface area (Å²) < 4.78 is 0. The van der Waals surface area contributed by atoms with Gasteiger partial charge in [-0.05, 0) is 50.7 Å². The summed E-state index contributed by atoms with van der Waals surface area (Å²) in [6.45, 7) is 0.386. The Morgan fingerprint density at radius 2 is 1.45 bits per heavy atom. The maximum atomic E-state index is 12.7. The van der Waals surface area contributed by atoms with Gasteiger partial charge in [0.1, 0.15) is 18.1 Å². The van der Waals surface area contributed by atoms with Gasteiger partial charge in [-0.2, -0.15) is 24.4 Å². The molecule has 0 aromatic rings. The number of rotatable bonds is 18. The van der Waals surface area contributed by atoms with Crippen molar-refractivity contribution in [3.8, 4) is 0 Å². The molecule has 0 radical (unpaired) electrons. The molecule has 14 heteroatoms. The fourth-order valence-electron chi connectivity index (χ4n) is 2.68. The second kappa shape index (κ2) is 17.4. The van der Waals surface area contributed by atoms with Crippen LogP contribution in [0, 0.1) is 0 Å². The highest BCUT2D eigenvalue weighted by molar-refractivity contribution is 7.98. The number of aliphatic carboxylic acids is 2. The third-order valence-corrected chi connectivity index (χ3v) is 5.64. The topological polar surface area (TPSA) is 214 Å². The lowest BCUT2D eigenvalue weighted by molar-refractivity contribution is -0.142. The minimum atomic E-state index is -1.18. The van der Waals surface area contributed by atoms with Gasteiger partial charge in [0.2, 0.25) is 17.7 Å². The van der Waals surface area contributed by atoms with Gasteiger partial charge < -0.3 is 37.6 Å². The quantitative estimate of drug-likeness (QED) is 0.0793. The lowest BCUT2D eigenvalue weighted by Crippen LogP contribution is -2.57. The lowest BCUT2D eigenvalue weighted by Gasteiger charge is -2.24. The summed E-state index contributed by atoms with van der Waals surface area (Å²) in [4.78, 5) is 59.7. The number of nitrogens with one attached hydrogen (secondary N) is 3. The Labute approximate surface area is 202 Å². The number of thioether (sulfide) groups is 1. The highest BCUT2D eigenvalue weighted by Crippen LogP contribution is 2.06. The number of carboxylic acids is 2. The number of thiol groups is 1. The molecule has 9 N–H and O–H groups in total. The molecule has 0 aliphatic heterocycles. The molecule has 0 heterocycles. The first kappa shape index (κ1) is 31.0. The molecule has 4 unspecified atom stereocenters. The van der Waals surface area contributed by atoms with Crippen molar-refractivity contribution in [3.05, 3.63) is 0 Å². The van der Waals surface area contributed by atoms with Crippen LogP contribution < -0.4 is 27.4 Å². The number of carbonyl (C=O) groups is 5. The van der Waals surface area contributed by atoms with Crippen molar-refractivity contribution >= 4 is 54.1 Å². The summed E-state index contributed by atoms with van der Waals surface area (Å²) in [5, 5.41) is 25.4. The monoisotopic (exact) mass is 509 g/mol. The zero-order valence-corrected chi connectivity index (χ0v) is 20.3. The molecule has 0 aliphatic rings. The molecule has 0 saturated carbocycles. The molecule has 0 spiro atoms. The van der Waals surface area contributed by atoms with Gasteiger partial charge in [-0.3, -0.25) is 19.2 Å². The Balaban J connectivity index is 5.20. The zero-order chi connectivity index (χ0) is 25.4. The molecule has 0 aliphatic carbocycles. The van der Waals surface area contributed by atoms with E-state index in [0.29, 0.717) is 25.1 Å². The first-order valence-corrected chi connectivity index (χ1v) is 12.5. The summed E-state index contributed by atoms with van der Waals surface area (Å²) in [5.74, 6) is -3.95. The van der Waals surface area contributed by atoms with Gasteiger partial charge in [0.25, 0.3) is 0 Å². The van der Waals surface area contributed by atoms with Crippen LogP contribution in [-0.2, 0) is 24.0 Å². The molecular formula is C19H35N5O7S2. The fraction of sp³-hybridized carbons (Fsp3) is 0.737. The van der Waals surface area contributed by atoms with Crippen molar-refractivity contribution in [2.75, 3.05) is 24.3 Å². The minimum Gasteiger partial charge on any atom is -0.481 e. The maximum absolute atomic E-state index is 12.7. The van der Waals surface area contributed by atoms with Crippen molar-refractivity contribution in [1.82, 2.24) is 16.0 Å². The number of carbonyl (C=O) groups excluding carboxylic acids is 3. The number of amides is 3. The van der Waals surface area contributed by atoms with E-state index < -0.39 is 53.8 Å². The lowest BCUT2D eigenvalue weighted by atomic mass is 10.1. The molecule has 0 aromatic carbocycles. The van der Waals surface area contributed by atoms with Crippen LogP contribution in [0.4, 0.5) is 0 Å². The Morgan fingerprint density at radius 1 is 0.879 bits per heavy atom. The number of unbranched alkanes of at least 4 members (excludes halogenated alkanes) is 1. The Kier molecular flexibility index (Phi) is 16.4. The van der Waals surface area contributed by atoms with Crippen molar-refractivity contribution in [2.24, 2.45) is 11.5 Å². The largest absolute Gasteiger partial charge is 0.481 e.